The van der Waals surface area contributed by atoms with Crippen molar-refractivity contribution in [3.8, 4) is 0 Å². The molecule has 0 bridgehead atoms. The number of fused-ring (bicyclic) bond motifs is 2. The number of hydrogen-bond donors (Lipinski definition) is 2. The van der Waals surface area contributed by atoms with E-state index in [-0.39, 0.29) is 22.7 Å². The van der Waals surface area contributed by atoms with Crippen LogP contribution in [0.2, 0.25) is 0 Å². The first kappa shape index (κ1) is 40.8. The van der Waals surface area contributed by atoms with E-state index in [1.807, 2.05) is 31.1 Å². The Kier molecular flexibility index (Phi) is 8.66. The van der Waals surface area contributed by atoms with Crippen LogP contribution in [-0.2, 0) is 59.0 Å². The van der Waals surface area contributed by atoms with Gasteiger partial charge in [0.2, 0.25) is 11.9 Å². The van der Waals surface area contributed by atoms with E-state index in [1.165, 1.54) is 13.0 Å². The van der Waals surface area contributed by atoms with Gasteiger partial charge in [0.25, 0.3) is 10.1 Å². The molecule has 16 heteroatoms. The largest absolute Gasteiger partial charge is 0.456 e. The molecular formula is C46H45NO14S. The van der Waals surface area contributed by atoms with Gasteiger partial charge in [-0.3, -0.25) is 13.8 Å². The van der Waals surface area contributed by atoms with Crippen molar-refractivity contribution in [1.82, 2.24) is 0 Å². The first-order valence-corrected chi connectivity index (χ1v) is 21.8. The van der Waals surface area contributed by atoms with Crippen molar-refractivity contribution < 1.29 is 65.7 Å². The third-order valence-corrected chi connectivity index (χ3v) is 15.8. The van der Waals surface area contributed by atoms with Gasteiger partial charge in [0.15, 0.2) is 23.6 Å². The van der Waals surface area contributed by atoms with E-state index < -0.39 is 104 Å². The van der Waals surface area contributed by atoms with E-state index >= 15 is 8.42 Å². The Labute approximate surface area is 356 Å². The van der Waals surface area contributed by atoms with Gasteiger partial charge in [0, 0.05) is 47.6 Å². The predicted molar refractivity (Wildman–Crippen MR) is 217 cm³/mol. The van der Waals surface area contributed by atoms with Gasteiger partial charge in [0.1, 0.15) is 17.1 Å². The van der Waals surface area contributed by atoms with Crippen LogP contribution in [0.25, 0.3) is 10.8 Å². The molecule has 2 spiro atoms. The van der Waals surface area contributed by atoms with E-state index in [4.69, 9.17) is 27.9 Å². The van der Waals surface area contributed by atoms with Crippen LogP contribution >= 0.6 is 0 Å². The molecule has 4 aromatic rings. The van der Waals surface area contributed by atoms with Crippen molar-refractivity contribution in [3.05, 3.63) is 108 Å². The van der Waals surface area contributed by atoms with E-state index in [9.17, 15) is 29.4 Å². The number of ether oxygens (including phenoxy) is 5. The van der Waals surface area contributed by atoms with Gasteiger partial charge in [0.05, 0.1) is 29.5 Å². The fraction of sp³-hybridized carbons (Fsp3) is 0.435. The van der Waals surface area contributed by atoms with Crippen LogP contribution in [0.1, 0.15) is 49.2 Å². The summed E-state index contributed by atoms with van der Waals surface area (Å²) in [4.78, 5) is 57.5. The van der Waals surface area contributed by atoms with Crippen molar-refractivity contribution in [2.75, 3.05) is 19.0 Å². The van der Waals surface area contributed by atoms with E-state index in [2.05, 4.69) is 0 Å². The minimum atomic E-state index is -4.97. The fourth-order valence-corrected chi connectivity index (χ4v) is 13.6. The fourth-order valence-electron chi connectivity index (χ4n) is 12.3. The van der Waals surface area contributed by atoms with Crippen LogP contribution in [-0.4, -0.2) is 104 Å². The van der Waals surface area contributed by atoms with E-state index in [1.54, 1.807) is 93.6 Å². The number of ketones is 1. The Bertz CT molecular complexity index is 2700. The number of carbonyl (C=O) groups excluding carboxylic acids is 4. The lowest BCUT2D eigenvalue weighted by molar-refractivity contribution is -0.240. The highest BCUT2D eigenvalue weighted by Gasteiger charge is 3.06. The number of aliphatic hydroxyl groups excluding tert-OH is 1. The molecule has 2 saturated carbocycles. The number of nitrogens with zero attached hydrogens (tertiary/aromatic N) is 1. The number of carbonyl (C=O) groups is 4. The summed E-state index contributed by atoms with van der Waals surface area (Å²) in [6, 6.07) is 25.1. The number of aliphatic hydroxyl groups is 2. The summed E-state index contributed by atoms with van der Waals surface area (Å²) in [5.74, 6) is -5.99. The maximum atomic E-state index is 15.1. The summed E-state index contributed by atoms with van der Waals surface area (Å²) in [5, 5.41) is 26.6. The zero-order valence-corrected chi connectivity index (χ0v) is 35.5. The smallest absolute Gasteiger partial charge is 0.343 e. The maximum Gasteiger partial charge on any atom is 0.343 e. The predicted octanol–water partition coefficient (Wildman–Crippen LogP) is 3.69. The Morgan fingerprint density at radius 1 is 0.823 bits per heavy atom. The lowest BCUT2D eigenvalue weighted by atomic mass is 9.51. The molecule has 6 aliphatic rings. The molecule has 0 radical (unpaired) electrons. The van der Waals surface area contributed by atoms with Crippen LogP contribution < -0.4 is 4.90 Å². The zero-order valence-electron chi connectivity index (χ0n) is 34.6. The molecule has 10 rings (SSSR count). The molecule has 0 aromatic heterocycles. The highest BCUT2D eigenvalue weighted by atomic mass is 32.2. The quantitative estimate of drug-likeness (QED) is 0.107. The second-order valence-electron chi connectivity index (χ2n) is 18.5. The second-order valence-corrected chi connectivity index (χ2v) is 20.1. The number of esters is 3. The first-order chi connectivity index (χ1) is 29.3. The molecule has 4 aliphatic heterocycles. The number of anilines is 1. The Balaban J connectivity index is 1.15. The molecule has 4 heterocycles. The second kappa shape index (κ2) is 13.2. The van der Waals surface area contributed by atoms with Gasteiger partial charge in [-0.2, -0.15) is 8.42 Å². The molecule has 4 saturated heterocycles. The Morgan fingerprint density at radius 2 is 1.48 bits per heavy atom. The Morgan fingerprint density at radius 3 is 2.16 bits per heavy atom. The summed E-state index contributed by atoms with van der Waals surface area (Å²) in [5.41, 5.74) is -8.58. The normalized spacial score (nSPS) is 36.5. The van der Waals surface area contributed by atoms with Crippen molar-refractivity contribution >= 4 is 50.3 Å². The molecule has 324 valence electrons. The maximum absolute atomic E-state index is 15.1. The third-order valence-electron chi connectivity index (χ3n) is 14.4. The number of rotatable bonds is 9. The third kappa shape index (κ3) is 4.74. The van der Waals surface area contributed by atoms with Crippen molar-refractivity contribution in [3.63, 3.8) is 0 Å². The minimum Gasteiger partial charge on any atom is -0.456 e. The topological polar surface area (TPSA) is 201 Å². The molecule has 4 aromatic carbocycles. The summed E-state index contributed by atoms with van der Waals surface area (Å²) in [6.07, 6.45) is -10.7. The summed E-state index contributed by atoms with van der Waals surface area (Å²) < 4.78 is 67.7. The molecule has 12 atom stereocenters. The van der Waals surface area contributed by atoms with Crippen LogP contribution in [0, 0.1) is 28.1 Å². The standard InChI is InChI=1S/C46H45NO14S/c1-23-38(50)57-36-35(61-62(54,55)30-17-11-14-27-28(30)15-10-16-29(27)47(5)6)44-34-32(49)33(42(2,3)4)43(44)37(39(51)59-41(43)60-46(44,40(52)58-34)45(23,36)53)56-22-24-18-20-26(21-19-24)31(48)25-12-8-7-9-13-25/h7-21,23,32-37,41,49,53H,22H2,1-6H3/t23-,32-,33+,34-,35+,36+,37+,41+,43-,44-,45-,46-/m1/s1. The van der Waals surface area contributed by atoms with E-state index in [0.717, 1.165) is 0 Å². The van der Waals surface area contributed by atoms with Crippen molar-refractivity contribution in [2.45, 2.75) is 87.2 Å². The minimum absolute atomic E-state index is 0.204. The van der Waals surface area contributed by atoms with E-state index in [0.29, 0.717) is 27.8 Å². The molecule has 62 heavy (non-hydrogen) atoms. The zero-order chi connectivity index (χ0) is 44.1. The summed E-state index contributed by atoms with van der Waals surface area (Å²) in [6.45, 7) is 6.40. The van der Waals surface area contributed by atoms with Gasteiger partial charge < -0.3 is 38.8 Å². The molecule has 2 aliphatic carbocycles. The molecule has 0 unspecified atom stereocenters. The van der Waals surface area contributed by atoms with Crippen molar-refractivity contribution in [1.29, 1.82) is 0 Å². The Hall–Kier alpha value is -5.23. The molecule has 2 N–H and O–H groups in total. The SMILES string of the molecule is C[C@@H]1C(=O)O[C@H]2[C@H](OS(=O)(=O)c3cccc4c(N(C)C)cccc34)[C@@]34[C@@H]5OC(=O)[C@]3(O[C@@H]3OC(=O)[C@H](OCc6ccc(C(=O)c7ccccc7)cc6)[C@]34[C@H](C(C)(C)C)[C@H]5O)[C@@]12O. The van der Waals surface area contributed by atoms with Crippen LogP contribution in [0.4, 0.5) is 5.69 Å². The number of hydrogen-bond acceptors (Lipinski definition) is 15. The van der Waals surface area contributed by atoms with Gasteiger partial charge in [-0.25, -0.2) is 9.59 Å². The average Bonchev–Trinajstić information content (AvgIpc) is 3.94. The van der Waals surface area contributed by atoms with Crippen LogP contribution in [0.3, 0.4) is 0 Å². The highest BCUT2D eigenvalue weighted by Crippen LogP contribution is 2.85. The van der Waals surface area contributed by atoms with Gasteiger partial charge in [-0.1, -0.05) is 99.6 Å². The van der Waals surface area contributed by atoms with Gasteiger partial charge in [-0.15, -0.1) is 0 Å². The first-order valence-electron chi connectivity index (χ1n) is 20.4. The van der Waals surface area contributed by atoms with Crippen LogP contribution in [0.5, 0.6) is 0 Å². The molecule has 6 fully saturated rings. The summed E-state index contributed by atoms with van der Waals surface area (Å²) >= 11 is 0. The molecular weight excluding hydrogens is 823 g/mol. The van der Waals surface area contributed by atoms with Gasteiger partial charge in [-0.05, 0) is 30.0 Å². The van der Waals surface area contributed by atoms with Crippen molar-refractivity contribution in [2.24, 2.45) is 28.1 Å². The highest BCUT2D eigenvalue weighted by molar-refractivity contribution is 7.87. The monoisotopic (exact) mass is 867 g/mol. The molecule has 15 nitrogen and oxygen atoms in total. The number of benzene rings is 4. The lowest BCUT2D eigenvalue weighted by Crippen LogP contribution is -2.67. The summed E-state index contributed by atoms with van der Waals surface area (Å²) in [7, 11) is -1.35. The van der Waals surface area contributed by atoms with Gasteiger partial charge >= 0.3 is 17.9 Å². The average molecular weight is 868 g/mol. The molecule has 0 amide bonds. The lowest BCUT2D eigenvalue weighted by Gasteiger charge is -2.48. The van der Waals surface area contributed by atoms with Crippen LogP contribution in [0.15, 0.2) is 95.9 Å².